The van der Waals surface area contributed by atoms with Gasteiger partial charge in [0.05, 0.1) is 5.69 Å². The Balaban J connectivity index is 2.53. The number of nitrogen functional groups attached to an aromatic ring is 1. The lowest BCUT2D eigenvalue weighted by Crippen LogP contribution is -2.34. The first-order valence-corrected chi connectivity index (χ1v) is 6.86. The molecule has 112 valence electrons. The van der Waals surface area contributed by atoms with Gasteiger partial charge in [-0.3, -0.25) is 9.59 Å². The predicted molar refractivity (Wildman–Crippen MR) is 79.5 cm³/mol. The summed E-state index contributed by atoms with van der Waals surface area (Å²) >= 11 is 0. The van der Waals surface area contributed by atoms with Crippen LogP contribution in [0.3, 0.4) is 0 Å². The summed E-state index contributed by atoms with van der Waals surface area (Å²) in [6, 6.07) is 1.90. The molecule has 0 atom stereocenters. The SMILES string of the molecule is CC(C)NC(=O)CCNC(=O)c1cc(N)cn1C(C)C. The first-order valence-electron chi connectivity index (χ1n) is 6.86. The third-order valence-electron chi connectivity index (χ3n) is 2.75. The third-order valence-corrected chi connectivity index (χ3v) is 2.75. The highest BCUT2D eigenvalue weighted by atomic mass is 16.2. The number of nitrogens with zero attached hydrogens (tertiary/aromatic N) is 1. The molecule has 0 fully saturated rings. The van der Waals surface area contributed by atoms with Crippen LogP contribution in [-0.4, -0.2) is 29.0 Å². The van der Waals surface area contributed by atoms with E-state index in [9.17, 15) is 9.59 Å². The number of aromatic nitrogens is 1. The summed E-state index contributed by atoms with van der Waals surface area (Å²) in [6.45, 7) is 8.06. The van der Waals surface area contributed by atoms with Crippen molar-refractivity contribution in [3.05, 3.63) is 18.0 Å². The number of anilines is 1. The second kappa shape index (κ2) is 6.98. The fourth-order valence-corrected chi connectivity index (χ4v) is 1.88. The third kappa shape index (κ3) is 4.60. The quantitative estimate of drug-likeness (QED) is 0.733. The summed E-state index contributed by atoms with van der Waals surface area (Å²) in [5.41, 5.74) is 6.79. The number of carbonyl (C=O) groups is 2. The van der Waals surface area contributed by atoms with Gasteiger partial charge < -0.3 is 20.9 Å². The Morgan fingerprint density at radius 1 is 1.30 bits per heavy atom. The van der Waals surface area contributed by atoms with E-state index in [-0.39, 0.29) is 30.3 Å². The van der Waals surface area contributed by atoms with Crippen LogP contribution in [0, 0.1) is 0 Å². The predicted octanol–water partition coefficient (Wildman–Crippen LogP) is 1.30. The molecule has 1 rings (SSSR count). The summed E-state index contributed by atoms with van der Waals surface area (Å²) in [5, 5.41) is 5.51. The molecule has 4 N–H and O–H groups in total. The van der Waals surface area contributed by atoms with Gasteiger partial charge in [-0.05, 0) is 33.8 Å². The van der Waals surface area contributed by atoms with Crippen molar-refractivity contribution in [3.63, 3.8) is 0 Å². The van der Waals surface area contributed by atoms with Crippen molar-refractivity contribution in [3.8, 4) is 0 Å². The molecule has 0 radical (unpaired) electrons. The molecule has 0 aromatic carbocycles. The normalized spacial score (nSPS) is 10.9. The number of rotatable bonds is 6. The van der Waals surface area contributed by atoms with Crippen molar-refractivity contribution in [2.75, 3.05) is 12.3 Å². The molecule has 0 aliphatic carbocycles. The molecule has 2 amide bonds. The van der Waals surface area contributed by atoms with E-state index in [1.54, 1.807) is 12.3 Å². The molecule has 20 heavy (non-hydrogen) atoms. The topological polar surface area (TPSA) is 89.2 Å². The average Bonchev–Trinajstić information content (AvgIpc) is 2.70. The first-order chi connectivity index (χ1) is 9.31. The second-order valence-electron chi connectivity index (χ2n) is 5.39. The largest absolute Gasteiger partial charge is 0.397 e. The minimum absolute atomic E-state index is 0.0703. The van der Waals surface area contributed by atoms with Gasteiger partial charge in [0.15, 0.2) is 0 Å². The minimum atomic E-state index is -0.215. The number of carbonyl (C=O) groups excluding carboxylic acids is 2. The minimum Gasteiger partial charge on any atom is -0.397 e. The number of nitrogens with one attached hydrogen (secondary N) is 2. The van der Waals surface area contributed by atoms with E-state index in [1.165, 1.54) is 0 Å². The van der Waals surface area contributed by atoms with Crippen LogP contribution in [0.2, 0.25) is 0 Å². The van der Waals surface area contributed by atoms with E-state index >= 15 is 0 Å². The maximum atomic E-state index is 12.1. The van der Waals surface area contributed by atoms with Gasteiger partial charge in [-0.15, -0.1) is 0 Å². The standard InChI is InChI=1S/C14H24N4O2/c1-9(2)17-13(19)5-6-16-14(20)12-7-11(15)8-18(12)10(3)4/h7-10H,5-6,15H2,1-4H3,(H,16,20)(H,17,19). The van der Waals surface area contributed by atoms with E-state index in [4.69, 9.17) is 5.73 Å². The van der Waals surface area contributed by atoms with Crippen LogP contribution in [0.1, 0.15) is 50.6 Å². The first kappa shape index (κ1) is 16.1. The smallest absolute Gasteiger partial charge is 0.268 e. The zero-order valence-electron chi connectivity index (χ0n) is 12.6. The van der Waals surface area contributed by atoms with Crippen molar-refractivity contribution in [1.82, 2.24) is 15.2 Å². The number of hydrogen-bond donors (Lipinski definition) is 3. The Morgan fingerprint density at radius 2 is 1.95 bits per heavy atom. The van der Waals surface area contributed by atoms with Gasteiger partial charge in [0.25, 0.3) is 5.91 Å². The van der Waals surface area contributed by atoms with Gasteiger partial charge in [-0.25, -0.2) is 0 Å². The van der Waals surface area contributed by atoms with Crippen molar-refractivity contribution < 1.29 is 9.59 Å². The van der Waals surface area contributed by atoms with Crippen molar-refractivity contribution in [2.24, 2.45) is 0 Å². The van der Waals surface area contributed by atoms with Gasteiger partial charge in [-0.1, -0.05) is 0 Å². The lowest BCUT2D eigenvalue weighted by atomic mass is 10.3. The maximum absolute atomic E-state index is 12.1. The lowest BCUT2D eigenvalue weighted by molar-refractivity contribution is -0.121. The maximum Gasteiger partial charge on any atom is 0.268 e. The van der Waals surface area contributed by atoms with E-state index in [1.807, 2.05) is 32.3 Å². The van der Waals surface area contributed by atoms with E-state index in [2.05, 4.69) is 10.6 Å². The molecule has 0 bridgehead atoms. The second-order valence-corrected chi connectivity index (χ2v) is 5.39. The van der Waals surface area contributed by atoms with Crippen LogP contribution < -0.4 is 16.4 Å². The van der Waals surface area contributed by atoms with Crippen LogP contribution >= 0.6 is 0 Å². The lowest BCUT2D eigenvalue weighted by Gasteiger charge is -2.13. The van der Waals surface area contributed by atoms with E-state index < -0.39 is 0 Å². The average molecular weight is 280 g/mol. The van der Waals surface area contributed by atoms with Gasteiger partial charge >= 0.3 is 0 Å². The van der Waals surface area contributed by atoms with Crippen molar-refractivity contribution in [2.45, 2.75) is 46.2 Å². The molecule has 1 heterocycles. The molecule has 1 aromatic rings. The van der Waals surface area contributed by atoms with Crippen LogP contribution in [-0.2, 0) is 4.79 Å². The summed E-state index contributed by atoms with van der Waals surface area (Å²) in [6.07, 6.45) is 2.01. The van der Waals surface area contributed by atoms with Gasteiger partial charge in [0.1, 0.15) is 5.69 Å². The monoisotopic (exact) mass is 280 g/mol. The van der Waals surface area contributed by atoms with Crippen LogP contribution in [0.25, 0.3) is 0 Å². The van der Waals surface area contributed by atoms with Crippen LogP contribution in [0.15, 0.2) is 12.3 Å². The highest BCUT2D eigenvalue weighted by Gasteiger charge is 2.14. The fourth-order valence-electron chi connectivity index (χ4n) is 1.88. The van der Waals surface area contributed by atoms with E-state index in [0.717, 1.165) is 0 Å². The highest BCUT2D eigenvalue weighted by molar-refractivity contribution is 5.94. The molecular weight excluding hydrogens is 256 g/mol. The van der Waals surface area contributed by atoms with Crippen LogP contribution in [0.5, 0.6) is 0 Å². The van der Waals surface area contributed by atoms with Crippen molar-refractivity contribution >= 4 is 17.5 Å². The van der Waals surface area contributed by atoms with Crippen molar-refractivity contribution in [1.29, 1.82) is 0 Å². The van der Waals surface area contributed by atoms with Crippen LogP contribution in [0.4, 0.5) is 5.69 Å². The fraction of sp³-hybridized carbons (Fsp3) is 0.571. The number of hydrogen-bond acceptors (Lipinski definition) is 3. The molecule has 6 nitrogen and oxygen atoms in total. The Labute approximate surface area is 119 Å². The zero-order valence-corrected chi connectivity index (χ0v) is 12.6. The Hall–Kier alpha value is -1.98. The summed E-state index contributed by atoms with van der Waals surface area (Å²) in [7, 11) is 0. The Kier molecular flexibility index (Phi) is 5.61. The summed E-state index contributed by atoms with van der Waals surface area (Å²) < 4.78 is 1.82. The van der Waals surface area contributed by atoms with E-state index in [0.29, 0.717) is 17.9 Å². The summed E-state index contributed by atoms with van der Waals surface area (Å²) in [5.74, 6) is -0.285. The molecule has 0 aliphatic rings. The Morgan fingerprint density at radius 3 is 2.50 bits per heavy atom. The molecule has 1 aromatic heterocycles. The molecule has 0 saturated carbocycles. The zero-order chi connectivity index (χ0) is 15.3. The Bertz CT molecular complexity index is 478. The van der Waals surface area contributed by atoms with Gasteiger partial charge in [-0.2, -0.15) is 0 Å². The molecule has 0 unspecified atom stereocenters. The molecule has 0 spiro atoms. The molecule has 6 heteroatoms. The van der Waals surface area contributed by atoms with Gasteiger partial charge in [0.2, 0.25) is 5.91 Å². The molecule has 0 saturated heterocycles. The molecular formula is C14H24N4O2. The number of nitrogens with two attached hydrogens (primary N) is 1. The molecule has 0 aliphatic heterocycles. The van der Waals surface area contributed by atoms with Gasteiger partial charge in [0, 0.05) is 31.2 Å². The highest BCUT2D eigenvalue weighted by Crippen LogP contribution is 2.16. The number of amides is 2. The summed E-state index contributed by atoms with van der Waals surface area (Å²) in [4.78, 5) is 23.5.